The van der Waals surface area contributed by atoms with E-state index in [1.807, 2.05) is 12.1 Å². The summed E-state index contributed by atoms with van der Waals surface area (Å²) in [5, 5.41) is 10.7. The fourth-order valence-corrected chi connectivity index (χ4v) is 2.69. The molecule has 0 aliphatic heterocycles. The summed E-state index contributed by atoms with van der Waals surface area (Å²) in [6.07, 6.45) is 1.67. The van der Waals surface area contributed by atoms with Crippen LogP contribution in [0.3, 0.4) is 0 Å². The minimum atomic E-state index is -0.758. The van der Waals surface area contributed by atoms with E-state index in [4.69, 9.17) is 17.3 Å². The van der Waals surface area contributed by atoms with E-state index >= 15 is 0 Å². The first-order valence-electron chi connectivity index (χ1n) is 5.29. The van der Waals surface area contributed by atoms with Gasteiger partial charge in [0.05, 0.1) is 5.02 Å². The van der Waals surface area contributed by atoms with E-state index in [0.717, 1.165) is 11.3 Å². The van der Waals surface area contributed by atoms with E-state index in [2.05, 4.69) is 11.9 Å². The third kappa shape index (κ3) is 2.60. The number of pyridine rings is 1. The van der Waals surface area contributed by atoms with Crippen LogP contribution in [0.4, 0.5) is 5.82 Å². The molecule has 0 radical (unpaired) electrons. The normalized spacial score (nSPS) is 12.6. The molecular weight excluding hydrogens is 256 g/mol. The summed E-state index contributed by atoms with van der Waals surface area (Å²) in [6, 6.07) is 5.58. The van der Waals surface area contributed by atoms with Crippen LogP contribution in [0.5, 0.6) is 0 Å². The lowest BCUT2D eigenvalue weighted by atomic mass is 10.1. The van der Waals surface area contributed by atoms with Crippen LogP contribution in [0.15, 0.2) is 24.4 Å². The van der Waals surface area contributed by atoms with Gasteiger partial charge in [-0.25, -0.2) is 4.98 Å². The summed E-state index contributed by atoms with van der Waals surface area (Å²) >= 11 is 7.43. The third-order valence-electron chi connectivity index (χ3n) is 2.51. The highest BCUT2D eigenvalue weighted by molar-refractivity contribution is 7.12. The molecule has 3 N–H and O–H groups in total. The van der Waals surface area contributed by atoms with Crippen molar-refractivity contribution >= 4 is 28.8 Å². The Morgan fingerprint density at radius 2 is 2.29 bits per heavy atom. The van der Waals surface area contributed by atoms with E-state index < -0.39 is 6.10 Å². The van der Waals surface area contributed by atoms with Crippen LogP contribution < -0.4 is 5.73 Å². The molecule has 0 fully saturated rings. The zero-order valence-corrected chi connectivity index (χ0v) is 10.9. The van der Waals surface area contributed by atoms with Crippen molar-refractivity contribution in [1.82, 2.24) is 4.98 Å². The van der Waals surface area contributed by atoms with Gasteiger partial charge in [0.15, 0.2) is 0 Å². The van der Waals surface area contributed by atoms with Crippen molar-refractivity contribution in [1.29, 1.82) is 0 Å². The van der Waals surface area contributed by atoms with Crippen LogP contribution in [0.25, 0.3) is 0 Å². The van der Waals surface area contributed by atoms with Crippen LogP contribution in [0.2, 0.25) is 5.02 Å². The Hall–Kier alpha value is -1.10. The van der Waals surface area contributed by atoms with Gasteiger partial charge in [0.1, 0.15) is 11.9 Å². The second kappa shape index (κ2) is 5.04. The van der Waals surface area contributed by atoms with Crippen LogP contribution in [0, 0.1) is 0 Å². The molecule has 3 nitrogen and oxygen atoms in total. The number of rotatable bonds is 3. The largest absolute Gasteiger partial charge is 0.383 e. The lowest BCUT2D eigenvalue weighted by molar-refractivity contribution is 0.224. The Balaban J connectivity index is 2.35. The van der Waals surface area contributed by atoms with Gasteiger partial charge >= 0.3 is 0 Å². The van der Waals surface area contributed by atoms with Gasteiger partial charge in [-0.2, -0.15) is 0 Å². The average Bonchev–Trinajstić information content (AvgIpc) is 2.80. The lowest BCUT2D eigenvalue weighted by Crippen LogP contribution is -2.04. The summed E-state index contributed by atoms with van der Waals surface area (Å²) in [7, 11) is 0. The number of hydrogen-bond donors (Lipinski definition) is 2. The highest BCUT2D eigenvalue weighted by Gasteiger charge is 2.16. The molecule has 0 spiro atoms. The minimum absolute atomic E-state index is 0.313. The number of anilines is 1. The topological polar surface area (TPSA) is 59.1 Å². The number of nitrogens with two attached hydrogens (primary N) is 1. The fourth-order valence-electron chi connectivity index (χ4n) is 1.57. The van der Waals surface area contributed by atoms with Gasteiger partial charge in [-0.3, -0.25) is 0 Å². The van der Waals surface area contributed by atoms with E-state index in [-0.39, 0.29) is 0 Å². The van der Waals surface area contributed by atoms with Crippen molar-refractivity contribution in [3.8, 4) is 0 Å². The maximum absolute atomic E-state index is 10.2. The summed E-state index contributed by atoms with van der Waals surface area (Å²) in [5.41, 5.74) is 6.30. The van der Waals surface area contributed by atoms with Crippen molar-refractivity contribution in [2.45, 2.75) is 19.4 Å². The summed E-state index contributed by atoms with van der Waals surface area (Å²) < 4.78 is 0. The average molecular weight is 269 g/mol. The Morgan fingerprint density at radius 1 is 1.53 bits per heavy atom. The summed E-state index contributed by atoms with van der Waals surface area (Å²) in [5.74, 6) is 0.313. The van der Waals surface area contributed by atoms with Crippen LogP contribution >= 0.6 is 22.9 Å². The first-order valence-corrected chi connectivity index (χ1v) is 6.49. The van der Waals surface area contributed by atoms with Gasteiger partial charge in [0.2, 0.25) is 0 Å². The molecule has 90 valence electrons. The number of aryl methyl sites for hydroxylation is 1. The zero-order valence-electron chi connectivity index (χ0n) is 9.35. The molecule has 0 saturated heterocycles. The second-order valence-electron chi connectivity index (χ2n) is 3.69. The minimum Gasteiger partial charge on any atom is -0.383 e. The molecule has 2 heterocycles. The molecule has 2 rings (SSSR count). The smallest absolute Gasteiger partial charge is 0.129 e. The highest BCUT2D eigenvalue weighted by Crippen LogP contribution is 2.32. The molecule has 5 heteroatoms. The van der Waals surface area contributed by atoms with E-state index in [1.165, 1.54) is 11.1 Å². The molecule has 2 aromatic heterocycles. The molecule has 0 aliphatic carbocycles. The molecular formula is C12H13ClN2OS. The molecule has 0 bridgehead atoms. The molecule has 0 amide bonds. The number of hydrogen-bond acceptors (Lipinski definition) is 4. The van der Waals surface area contributed by atoms with Crippen molar-refractivity contribution in [3.05, 3.63) is 44.7 Å². The first-order chi connectivity index (χ1) is 8.11. The molecule has 1 unspecified atom stereocenters. The van der Waals surface area contributed by atoms with E-state index in [9.17, 15) is 5.11 Å². The van der Waals surface area contributed by atoms with Crippen molar-refractivity contribution in [2.75, 3.05) is 5.73 Å². The molecule has 17 heavy (non-hydrogen) atoms. The van der Waals surface area contributed by atoms with Gasteiger partial charge in [-0.05, 0) is 24.6 Å². The Labute approximate surface area is 109 Å². The van der Waals surface area contributed by atoms with E-state index in [1.54, 1.807) is 17.4 Å². The van der Waals surface area contributed by atoms with Gasteiger partial charge in [-0.15, -0.1) is 11.3 Å². The standard InChI is InChI=1S/C12H13ClN2OS/c1-2-8-3-4-10(17-8)11(16)9-5-7(13)6-15-12(9)14/h3-6,11,16H,2H2,1H3,(H2,14,15). The maximum Gasteiger partial charge on any atom is 0.129 e. The maximum atomic E-state index is 10.2. The summed E-state index contributed by atoms with van der Waals surface area (Å²) in [4.78, 5) is 6.03. The van der Waals surface area contributed by atoms with Crippen LogP contribution in [-0.2, 0) is 6.42 Å². The monoisotopic (exact) mass is 268 g/mol. The molecule has 0 saturated carbocycles. The Morgan fingerprint density at radius 3 is 2.94 bits per heavy atom. The number of nitrogen functional groups attached to an aromatic ring is 1. The first kappa shape index (κ1) is 12.4. The molecule has 0 aliphatic rings. The predicted molar refractivity (Wildman–Crippen MR) is 71.4 cm³/mol. The van der Waals surface area contributed by atoms with Gasteiger partial charge in [0.25, 0.3) is 0 Å². The zero-order chi connectivity index (χ0) is 12.4. The number of nitrogens with zero attached hydrogens (tertiary/aromatic N) is 1. The van der Waals surface area contributed by atoms with Gasteiger partial charge in [-0.1, -0.05) is 18.5 Å². The number of aliphatic hydroxyl groups is 1. The number of aromatic nitrogens is 1. The predicted octanol–water partition coefficient (Wildman–Crippen LogP) is 3.02. The fraction of sp³-hybridized carbons (Fsp3) is 0.250. The van der Waals surface area contributed by atoms with Gasteiger partial charge in [0, 0.05) is 21.5 Å². The van der Waals surface area contributed by atoms with Crippen LogP contribution in [0.1, 0.15) is 28.3 Å². The molecule has 2 aromatic rings. The van der Waals surface area contributed by atoms with Crippen molar-refractivity contribution in [3.63, 3.8) is 0 Å². The SMILES string of the molecule is CCc1ccc(C(O)c2cc(Cl)cnc2N)s1. The van der Waals surface area contributed by atoms with Gasteiger partial charge < -0.3 is 10.8 Å². The highest BCUT2D eigenvalue weighted by atomic mass is 35.5. The Kier molecular flexibility index (Phi) is 3.66. The lowest BCUT2D eigenvalue weighted by Gasteiger charge is -2.11. The van der Waals surface area contributed by atoms with Crippen molar-refractivity contribution < 1.29 is 5.11 Å². The third-order valence-corrected chi connectivity index (χ3v) is 4.00. The Bertz CT molecular complexity index is 527. The number of halogens is 1. The molecule has 0 aromatic carbocycles. The quantitative estimate of drug-likeness (QED) is 0.900. The molecule has 1 atom stereocenters. The number of aliphatic hydroxyl groups excluding tert-OH is 1. The van der Waals surface area contributed by atoms with Crippen LogP contribution in [-0.4, -0.2) is 10.1 Å². The second-order valence-corrected chi connectivity index (χ2v) is 5.32. The van der Waals surface area contributed by atoms with E-state index in [0.29, 0.717) is 16.4 Å². The summed E-state index contributed by atoms with van der Waals surface area (Å²) in [6.45, 7) is 2.08. The number of thiophene rings is 1. The van der Waals surface area contributed by atoms with Crippen molar-refractivity contribution in [2.24, 2.45) is 0 Å².